The van der Waals surface area contributed by atoms with Crippen molar-refractivity contribution in [2.45, 2.75) is 36.6 Å². The number of carboxylic acids is 1. The van der Waals surface area contributed by atoms with Gasteiger partial charge in [0.25, 0.3) is 0 Å². The molecule has 2 aromatic rings. The number of hydrogen-bond donors (Lipinski definition) is 2. The molecule has 0 amide bonds. The highest BCUT2D eigenvalue weighted by Crippen LogP contribution is 2.48. The first-order valence-electron chi connectivity index (χ1n) is 8.10. The molecule has 1 saturated heterocycles. The summed E-state index contributed by atoms with van der Waals surface area (Å²) >= 11 is 1.70. The number of nitrogens with one attached hydrogen (secondary N) is 1. The number of benzene rings is 1. The summed E-state index contributed by atoms with van der Waals surface area (Å²) in [5, 5.41) is 14.1. The molecule has 2 atom stereocenters. The third-order valence-corrected chi connectivity index (χ3v) is 6.10. The highest BCUT2D eigenvalue weighted by molar-refractivity contribution is 8.01. The second-order valence-corrected chi connectivity index (χ2v) is 8.98. The average molecular weight is 347 g/mol. The Morgan fingerprint density at radius 1 is 1.38 bits per heavy atom. The van der Waals surface area contributed by atoms with Gasteiger partial charge >= 0.3 is 5.97 Å². The van der Waals surface area contributed by atoms with Crippen LogP contribution in [0.15, 0.2) is 24.3 Å². The molecule has 6 heteroatoms. The van der Waals surface area contributed by atoms with E-state index in [1.165, 1.54) is 22.2 Å². The van der Waals surface area contributed by atoms with Crippen LogP contribution in [0.4, 0.5) is 0 Å². The normalized spacial score (nSPS) is 23.2. The van der Waals surface area contributed by atoms with E-state index in [4.69, 9.17) is 0 Å². The van der Waals surface area contributed by atoms with Crippen LogP contribution < -0.4 is 5.32 Å². The van der Waals surface area contributed by atoms with Crippen LogP contribution in [0.1, 0.15) is 30.5 Å². The van der Waals surface area contributed by atoms with Crippen LogP contribution in [0.3, 0.4) is 0 Å². The quantitative estimate of drug-likeness (QED) is 0.891. The Kier molecular flexibility index (Phi) is 4.40. The van der Waals surface area contributed by atoms with Crippen molar-refractivity contribution in [1.82, 2.24) is 14.8 Å². The van der Waals surface area contributed by atoms with Gasteiger partial charge in [-0.1, -0.05) is 18.2 Å². The van der Waals surface area contributed by atoms with Crippen LogP contribution in [-0.2, 0) is 18.4 Å². The summed E-state index contributed by atoms with van der Waals surface area (Å²) in [6.45, 7) is 4.82. The number of carboxylic acid groups (broad SMARTS) is 1. The van der Waals surface area contributed by atoms with E-state index in [2.05, 4.69) is 54.1 Å². The van der Waals surface area contributed by atoms with Crippen LogP contribution in [0.25, 0.3) is 10.9 Å². The van der Waals surface area contributed by atoms with Crippen molar-refractivity contribution in [3.63, 3.8) is 0 Å². The molecular formula is C18H25N3O2S. The summed E-state index contributed by atoms with van der Waals surface area (Å²) < 4.78 is 1.85. The zero-order valence-electron chi connectivity index (χ0n) is 14.8. The molecule has 1 aliphatic heterocycles. The number of hydrogen-bond acceptors (Lipinski definition) is 4. The Balaban J connectivity index is 2.12. The third-order valence-electron chi connectivity index (χ3n) is 4.67. The summed E-state index contributed by atoms with van der Waals surface area (Å²) in [7, 11) is 6.19. The summed E-state index contributed by atoms with van der Waals surface area (Å²) in [4.78, 5) is 13.8. The van der Waals surface area contributed by atoms with Gasteiger partial charge in [-0.05, 0) is 39.6 Å². The first kappa shape index (κ1) is 17.3. The number of aromatic nitrogens is 1. The zero-order chi connectivity index (χ0) is 17.6. The molecule has 1 fully saturated rings. The number of fused-ring (bicyclic) bond motifs is 1. The van der Waals surface area contributed by atoms with E-state index in [1.54, 1.807) is 11.8 Å². The molecule has 0 spiro atoms. The van der Waals surface area contributed by atoms with Crippen molar-refractivity contribution >= 4 is 28.6 Å². The fourth-order valence-corrected chi connectivity index (χ4v) is 5.10. The van der Waals surface area contributed by atoms with Crippen LogP contribution in [0, 0.1) is 0 Å². The lowest BCUT2D eigenvalue weighted by Crippen LogP contribution is -2.43. The Labute approximate surface area is 147 Å². The fourth-order valence-electron chi connectivity index (χ4n) is 3.57. The predicted molar refractivity (Wildman–Crippen MR) is 99.3 cm³/mol. The van der Waals surface area contributed by atoms with E-state index < -0.39 is 12.0 Å². The van der Waals surface area contributed by atoms with Gasteiger partial charge in [-0.15, -0.1) is 11.8 Å². The molecule has 130 valence electrons. The van der Waals surface area contributed by atoms with E-state index in [9.17, 15) is 9.90 Å². The predicted octanol–water partition coefficient (Wildman–Crippen LogP) is 2.81. The monoisotopic (exact) mass is 347 g/mol. The largest absolute Gasteiger partial charge is 0.480 e. The second-order valence-electron chi connectivity index (χ2n) is 7.22. The van der Waals surface area contributed by atoms with Crippen molar-refractivity contribution in [3.8, 4) is 0 Å². The van der Waals surface area contributed by atoms with Gasteiger partial charge < -0.3 is 14.6 Å². The number of para-hydroxylation sites is 1. The number of carbonyl (C=O) groups is 1. The maximum absolute atomic E-state index is 11.6. The van der Waals surface area contributed by atoms with Crippen molar-refractivity contribution < 1.29 is 9.90 Å². The van der Waals surface area contributed by atoms with Crippen molar-refractivity contribution in [2.24, 2.45) is 7.05 Å². The van der Waals surface area contributed by atoms with Gasteiger partial charge in [0.15, 0.2) is 0 Å². The second kappa shape index (κ2) is 6.10. The minimum absolute atomic E-state index is 0.0338. The molecule has 5 nitrogen and oxygen atoms in total. The van der Waals surface area contributed by atoms with Gasteiger partial charge in [0, 0.05) is 29.2 Å². The van der Waals surface area contributed by atoms with Crippen molar-refractivity contribution in [1.29, 1.82) is 0 Å². The Morgan fingerprint density at radius 2 is 2.04 bits per heavy atom. The molecular weight excluding hydrogens is 322 g/mol. The lowest BCUT2D eigenvalue weighted by Gasteiger charge is -2.21. The molecule has 3 rings (SSSR count). The molecule has 24 heavy (non-hydrogen) atoms. The summed E-state index contributed by atoms with van der Waals surface area (Å²) in [6.07, 6.45) is 0. The lowest BCUT2D eigenvalue weighted by atomic mass is 10.0. The zero-order valence-corrected chi connectivity index (χ0v) is 15.6. The van der Waals surface area contributed by atoms with Gasteiger partial charge in [0.05, 0.1) is 11.1 Å². The molecule has 2 unspecified atom stereocenters. The molecule has 2 N–H and O–H groups in total. The standard InChI is InChI=1S/C18H25N3O2S/c1-18(2)15(17(22)23)19-16(24-18)14-12(10-20(3)4)11-8-6-7-9-13(11)21(14)5/h6-9,15-16,19H,10H2,1-5H3,(H,22,23). The smallest absolute Gasteiger partial charge is 0.322 e. The Hall–Kier alpha value is -1.50. The molecule has 0 saturated carbocycles. The number of thioether (sulfide) groups is 1. The van der Waals surface area contributed by atoms with Gasteiger partial charge in [-0.25, -0.2) is 0 Å². The van der Waals surface area contributed by atoms with Crippen LogP contribution in [0.2, 0.25) is 0 Å². The van der Waals surface area contributed by atoms with E-state index in [0.717, 1.165) is 6.54 Å². The molecule has 0 bridgehead atoms. The molecule has 2 heterocycles. The van der Waals surface area contributed by atoms with Gasteiger partial charge in [0.2, 0.25) is 0 Å². The van der Waals surface area contributed by atoms with Gasteiger partial charge in [0.1, 0.15) is 6.04 Å². The number of rotatable bonds is 4. The summed E-state index contributed by atoms with van der Waals surface area (Å²) in [5.41, 5.74) is 3.62. The first-order chi connectivity index (χ1) is 11.2. The summed E-state index contributed by atoms with van der Waals surface area (Å²) in [6, 6.07) is 7.82. The number of aliphatic carboxylic acids is 1. The average Bonchev–Trinajstić information content (AvgIpc) is 2.94. The Morgan fingerprint density at radius 3 is 2.62 bits per heavy atom. The third kappa shape index (κ3) is 2.83. The highest BCUT2D eigenvalue weighted by Gasteiger charge is 2.47. The highest BCUT2D eigenvalue weighted by atomic mass is 32.2. The molecule has 1 aromatic carbocycles. The van der Waals surface area contributed by atoms with E-state index in [0.29, 0.717) is 0 Å². The minimum Gasteiger partial charge on any atom is -0.480 e. The van der Waals surface area contributed by atoms with Crippen LogP contribution in [-0.4, -0.2) is 45.4 Å². The van der Waals surface area contributed by atoms with Crippen LogP contribution in [0.5, 0.6) is 0 Å². The Bertz CT molecular complexity index is 782. The molecule has 1 aliphatic rings. The lowest BCUT2D eigenvalue weighted by molar-refractivity contribution is -0.139. The van der Waals surface area contributed by atoms with Crippen LogP contribution >= 0.6 is 11.8 Å². The SMILES string of the molecule is CN(C)Cc1c(C2NC(C(=O)O)C(C)(C)S2)n(C)c2ccccc12. The van der Waals surface area contributed by atoms with Gasteiger partial charge in [-0.2, -0.15) is 0 Å². The van der Waals surface area contributed by atoms with Crippen molar-refractivity contribution in [2.75, 3.05) is 14.1 Å². The van der Waals surface area contributed by atoms with E-state index in [1.807, 2.05) is 19.9 Å². The number of nitrogens with zero attached hydrogens (tertiary/aromatic N) is 2. The van der Waals surface area contributed by atoms with E-state index >= 15 is 0 Å². The molecule has 0 aliphatic carbocycles. The number of aryl methyl sites for hydroxylation is 1. The maximum atomic E-state index is 11.6. The minimum atomic E-state index is -0.789. The molecule has 1 aromatic heterocycles. The van der Waals surface area contributed by atoms with E-state index in [-0.39, 0.29) is 10.1 Å². The summed E-state index contributed by atoms with van der Waals surface area (Å²) in [5.74, 6) is -0.789. The maximum Gasteiger partial charge on any atom is 0.322 e. The first-order valence-corrected chi connectivity index (χ1v) is 8.98. The topological polar surface area (TPSA) is 57.5 Å². The fraction of sp³-hybridized carbons (Fsp3) is 0.500. The van der Waals surface area contributed by atoms with Gasteiger partial charge in [-0.3, -0.25) is 10.1 Å². The van der Waals surface area contributed by atoms with Crippen molar-refractivity contribution in [3.05, 3.63) is 35.5 Å². The molecule has 0 radical (unpaired) electrons.